The minimum atomic E-state index is -6.05. The Hall–Kier alpha value is -1.36. The molecule has 1 aromatic carbocycles. The van der Waals surface area contributed by atoms with Gasteiger partial charge in [0, 0.05) is 10.2 Å². The van der Waals surface area contributed by atoms with Gasteiger partial charge in [-0.05, 0) is 24.3 Å². The Bertz CT molecular complexity index is 515. The summed E-state index contributed by atoms with van der Waals surface area (Å²) in [5.74, 6) is -8.37. The van der Waals surface area contributed by atoms with Crippen LogP contribution in [0.2, 0.25) is 0 Å². The molecule has 0 saturated heterocycles. The van der Waals surface area contributed by atoms with E-state index >= 15 is 0 Å². The van der Waals surface area contributed by atoms with Gasteiger partial charge < -0.3 is 5.32 Å². The summed E-state index contributed by atoms with van der Waals surface area (Å²) in [6.07, 6.45) is -12.1. The normalized spacial score (nSPS) is 13.1. The minimum Gasteiger partial charge on any atom is -0.321 e. The highest BCUT2D eigenvalue weighted by Gasteiger charge is 2.67. The molecule has 3 nitrogen and oxygen atoms in total. The molecule has 0 saturated carbocycles. The van der Waals surface area contributed by atoms with Gasteiger partial charge in [-0.3, -0.25) is 4.79 Å². The van der Waals surface area contributed by atoms with Crippen molar-refractivity contribution in [3.8, 4) is 0 Å². The average Bonchev–Trinajstić information content (AvgIpc) is 2.28. The molecule has 0 unspecified atom stereocenters. The summed E-state index contributed by atoms with van der Waals surface area (Å²) in [6.45, 7) is 0. The van der Waals surface area contributed by atoms with Crippen LogP contribution in [0, 0.1) is 0 Å². The van der Waals surface area contributed by atoms with E-state index in [0.29, 0.717) is 4.47 Å². The molecule has 1 amide bonds. The van der Waals surface area contributed by atoms with E-state index in [1.165, 1.54) is 17.4 Å². The summed E-state index contributed by atoms with van der Waals surface area (Å²) < 4.78 is 89.1. The number of halogens is 8. The third-order valence-corrected chi connectivity index (χ3v) is 2.53. The molecule has 0 radical (unpaired) electrons. The molecule has 1 rings (SSSR count). The fourth-order valence-corrected chi connectivity index (χ4v) is 1.35. The fourth-order valence-electron chi connectivity index (χ4n) is 1.08. The van der Waals surface area contributed by atoms with Gasteiger partial charge in [-0.1, -0.05) is 15.9 Å². The molecule has 0 atom stereocenters. The first kappa shape index (κ1) is 17.7. The smallest absolute Gasteiger partial charge is 0.321 e. The first-order valence-corrected chi connectivity index (χ1v) is 5.74. The van der Waals surface area contributed by atoms with Crippen LogP contribution in [-0.4, -0.2) is 24.3 Å². The minimum absolute atomic E-state index is 0.314. The van der Waals surface area contributed by atoms with Gasteiger partial charge in [0.25, 0.3) is 0 Å². The second-order valence-corrected chi connectivity index (χ2v) is 4.52. The van der Waals surface area contributed by atoms with Crippen LogP contribution in [0.3, 0.4) is 0 Å². The van der Waals surface area contributed by atoms with E-state index in [2.05, 4.69) is 15.9 Å². The molecule has 1 aromatic rings. The highest BCUT2D eigenvalue weighted by molar-refractivity contribution is 9.10. The fraction of sp³-hybridized carbons (Fsp3) is 0.300. The largest absolute Gasteiger partial charge is 0.527 e. The Morgan fingerprint density at radius 1 is 1.00 bits per heavy atom. The van der Waals surface area contributed by atoms with Crippen molar-refractivity contribution in [2.75, 3.05) is 5.32 Å². The molecule has 1 N–H and O–H groups in total. The third kappa shape index (κ3) is 4.56. The highest BCUT2D eigenvalue weighted by atomic mass is 79.9. The van der Waals surface area contributed by atoms with E-state index < -0.39 is 24.3 Å². The molecule has 0 aliphatic carbocycles. The number of ether oxygens (including phenoxy) is 1. The van der Waals surface area contributed by atoms with Gasteiger partial charge in [-0.25, -0.2) is 4.74 Å². The predicted molar refractivity (Wildman–Crippen MR) is 59.8 cm³/mol. The summed E-state index contributed by atoms with van der Waals surface area (Å²) in [5.41, 5.74) is -0.314. The number of nitrogens with one attached hydrogen (secondary N) is 1. The summed E-state index contributed by atoms with van der Waals surface area (Å²) in [6, 6.07) is 4.72. The standard InChI is InChI=1S/C10H5BrF7NO2/c11-5-1-3-6(4-2-5)19-7(20)8(12,13)9(14,15)21-10(16,17)18/h1-4H,(H,19,20). The molecule has 0 aliphatic heterocycles. The van der Waals surface area contributed by atoms with E-state index in [1.54, 1.807) is 0 Å². The second kappa shape index (κ2) is 5.79. The van der Waals surface area contributed by atoms with Crippen molar-refractivity contribution >= 4 is 27.5 Å². The summed E-state index contributed by atoms with van der Waals surface area (Å²) >= 11 is 2.99. The molecule has 0 aliphatic rings. The number of alkyl halides is 7. The topological polar surface area (TPSA) is 38.3 Å². The number of carbonyl (C=O) groups excluding carboxylic acids is 1. The quantitative estimate of drug-likeness (QED) is 0.793. The zero-order valence-electron chi connectivity index (χ0n) is 9.65. The van der Waals surface area contributed by atoms with Crippen molar-refractivity contribution in [1.82, 2.24) is 0 Å². The third-order valence-electron chi connectivity index (χ3n) is 2.00. The molecule has 118 valence electrons. The SMILES string of the molecule is O=C(Nc1ccc(Br)cc1)C(F)(F)C(F)(F)OC(F)(F)F. The lowest BCUT2D eigenvalue weighted by Gasteiger charge is -2.25. The van der Waals surface area contributed by atoms with Gasteiger partial charge in [-0.2, -0.15) is 17.6 Å². The van der Waals surface area contributed by atoms with Gasteiger partial charge in [-0.15, -0.1) is 13.2 Å². The molecule has 21 heavy (non-hydrogen) atoms. The first-order chi connectivity index (χ1) is 9.35. The highest BCUT2D eigenvalue weighted by Crippen LogP contribution is 2.40. The van der Waals surface area contributed by atoms with Crippen molar-refractivity contribution < 1.29 is 40.3 Å². The zero-order chi connectivity index (χ0) is 16.5. The van der Waals surface area contributed by atoms with Crippen molar-refractivity contribution in [2.45, 2.75) is 18.4 Å². The van der Waals surface area contributed by atoms with Crippen LogP contribution in [0.5, 0.6) is 0 Å². The number of hydrogen-bond donors (Lipinski definition) is 1. The number of amides is 1. The Labute approximate surface area is 121 Å². The molecule has 0 fully saturated rings. The maximum absolute atomic E-state index is 13.1. The lowest BCUT2D eigenvalue weighted by Crippen LogP contribution is -2.53. The van der Waals surface area contributed by atoms with Gasteiger partial charge in [0.2, 0.25) is 0 Å². The Morgan fingerprint density at radius 2 is 1.48 bits per heavy atom. The average molecular weight is 384 g/mol. The van der Waals surface area contributed by atoms with Crippen molar-refractivity contribution in [3.63, 3.8) is 0 Å². The van der Waals surface area contributed by atoms with Gasteiger partial charge in [0.15, 0.2) is 0 Å². The van der Waals surface area contributed by atoms with Gasteiger partial charge >= 0.3 is 24.3 Å². The van der Waals surface area contributed by atoms with E-state index in [4.69, 9.17) is 0 Å². The van der Waals surface area contributed by atoms with E-state index in [9.17, 15) is 35.5 Å². The Kier molecular flexibility index (Phi) is 4.88. The van der Waals surface area contributed by atoms with E-state index in [-0.39, 0.29) is 5.69 Å². The van der Waals surface area contributed by atoms with Crippen LogP contribution in [0.1, 0.15) is 0 Å². The number of anilines is 1. The number of hydrogen-bond acceptors (Lipinski definition) is 2. The van der Waals surface area contributed by atoms with Crippen LogP contribution in [0.15, 0.2) is 28.7 Å². The van der Waals surface area contributed by atoms with Crippen molar-refractivity contribution in [1.29, 1.82) is 0 Å². The monoisotopic (exact) mass is 383 g/mol. The molecular weight excluding hydrogens is 379 g/mol. The number of benzene rings is 1. The lowest BCUT2D eigenvalue weighted by atomic mass is 10.2. The first-order valence-electron chi connectivity index (χ1n) is 4.95. The van der Waals surface area contributed by atoms with Crippen LogP contribution in [0.4, 0.5) is 36.4 Å². The van der Waals surface area contributed by atoms with Crippen LogP contribution in [-0.2, 0) is 9.53 Å². The van der Waals surface area contributed by atoms with Crippen LogP contribution < -0.4 is 5.32 Å². The van der Waals surface area contributed by atoms with Gasteiger partial charge in [0.1, 0.15) is 0 Å². The lowest BCUT2D eigenvalue weighted by molar-refractivity contribution is -0.457. The molecule has 0 aromatic heterocycles. The zero-order valence-corrected chi connectivity index (χ0v) is 11.2. The molecule has 11 heteroatoms. The van der Waals surface area contributed by atoms with E-state index in [1.807, 2.05) is 4.74 Å². The predicted octanol–water partition coefficient (Wildman–Crippen LogP) is 4.15. The van der Waals surface area contributed by atoms with Crippen molar-refractivity contribution in [2.24, 2.45) is 0 Å². The summed E-state index contributed by atoms with van der Waals surface area (Å²) in [4.78, 5) is 11.1. The van der Waals surface area contributed by atoms with Crippen LogP contribution in [0.25, 0.3) is 0 Å². The molecule has 0 heterocycles. The van der Waals surface area contributed by atoms with Crippen LogP contribution >= 0.6 is 15.9 Å². The van der Waals surface area contributed by atoms with E-state index in [0.717, 1.165) is 12.1 Å². The molecular formula is C10H5BrF7NO2. The van der Waals surface area contributed by atoms with Crippen molar-refractivity contribution in [3.05, 3.63) is 28.7 Å². The second-order valence-electron chi connectivity index (χ2n) is 3.60. The molecule has 0 spiro atoms. The van der Waals surface area contributed by atoms with Gasteiger partial charge in [0.05, 0.1) is 0 Å². The number of rotatable bonds is 4. The Balaban J connectivity index is 2.90. The summed E-state index contributed by atoms with van der Waals surface area (Å²) in [5, 5.41) is 1.36. The molecule has 0 bridgehead atoms. The maximum Gasteiger partial charge on any atom is 0.527 e. The Morgan fingerprint density at radius 3 is 1.90 bits per heavy atom. The number of carbonyl (C=O) groups is 1. The summed E-state index contributed by atoms with van der Waals surface area (Å²) in [7, 11) is 0. The maximum atomic E-state index is 13.1.